The molecule has 0 bridgehead atoms. The Bertz CT molecular complexity index is 957. The van der Waals surface area contributed by atoms with Gasteiger partial charge in [0.05, 0.1) is 10.6 Å². The zero-order chi connectivity index (χ0) is 18.8. The lowest BCUT2D eigenvalue weighted by atomic mass is 9.99. The number of carbonyl (C=O) groups excluding carboxylic acids is 1. The summed E-state index contributed by atoms with van der Waals surface area (Å²) in [5.41, 5.74) is 1.75. The molecule has 0 fully saturated rings. The lowest BCUT2D eigenvalue weighted by molar-refractivity contribution is 0.103. The maximum Gasteiger partial charge on any atom is 0.265 e. The Morgan fingerprint density at radius 3 is 2.48 bits per heavy atom. The Morgan fingerprint density at radius 2 is 1.81 bits per heavy atom. The third kappa shape index (κ3) is 3.85. The number of hydrogen-bond donors (Lipinski definition) is 2. The van der Waals surface area contributed by atoms with Crippen molar-refractivity contribution in [3.05, 3.63) is 74.4 Å². The summed E-state index contributed by atoms with van der Waals surface area (Å²) < 4.78 is 12.2. The van der Waals surface area contributed by atoms with Gasteiger partial charge in [-0.3, -0.25) is 4.79 Å². The second-order valence-electron chi connectivity index (χ2n) is 5.97. The van der Waals surface area contributed by atoms with Crippen molar-refractivity contribution in [2.24, 2.45) is 0 Å². The van der Waals surface area contributed by atoms with Gasteiger partial charge in [0.1, 0.15) is 19.3 Å². The van der Waals surface area contributed by atoms with Gasteiger partial charge in [-0.25, -0.2) is 0 Å². The Labute approximate surface area is 168 Å². The van der Waals surface area contributed by atoms with Crippen LogP contribution >= 0.6 is 27.3 Å². The monoisotopic (exact) mass is 445 g/mol. The summed E-state index contributed by atoms with van der Waals surface area (Å²) in [5.74, 6) is 0.877. The van der Waals surface area contributed by atoms with Gasteiger partial charge in [0.15, 0.2) is 11.5 Å². The van der Waals surface area contributed by atoms with E-state index in [-0.39, 0.29) is 5.91 Å². The number of carbonyl (C=O) groups is 1. The number of fused-ring (bicyclic) bond motifs is 1. The fourth-order valence-corrected chi connectivity index (χ4v) is 3.74. The van der Waals surface area contributed by atoms with Crippen molar-refractivity contribution in [3.63, 3.8) is 0 Å². The first kappa shape index (κ1) is 18.0. The summed E-state index contributed by atoms with van der Waals surface area (Å²) in [5, 5.41) is 15.7. The van der Waals surface area contributed by atoms with E-state index < -0.39 is 6.10 Å². The van der Waals surface area contributed by atoms with Gasteiger partial charge in [-0.1, -0.05) is 34.1 Å². The number of aliphatic hydroxyl groups is 1. The zero-order valence-corrected chi connectivity index (χ0v) is 16.5. The number of hydrogen-bond acceptors (Lipinski definition) is 5. The minimum Gasteiger partial charge on any atom is -0.486 e. The smallest absolute Gasteiger partial charge is 0.265 e. The fourth-order valence-electron chi connectivity index (χ4n) is 2.86. The summed E-state index contributed by atoms with van der Waals surface area (Å²) in [4.78, 5) is 13.1. The highest BCUT2D eigenvalue weighted by Gasteiger charge is 2.23. The molecule has 4 rings (SSSR count). The number of nitrogens with one attached hydrogen (secondary N) is 1. The van der Waals surface area contributed by atoms with Crippen LogP contribution < -0.4 is 14.8 Å². The molecule has 0 saturated heterocycles. The Kier molecular flexibility index (Phi) is 5.15. The quantitative estimate of drug-likeness (QED) is 0.614. The van der Waals surface area contributed by atoms with Crippen LogP contribution in [-0.4, -0.2) is 24.2 Å². The summed E-state index contributed by atoms with van der Waals surface area (Å²) in [6.07, 6.45) is -0.924. The molecule has 2 aromatic carbocycles. The van der Waals surface area contributed by atoms with Crippen LogP contribution in [0.3, 0.4) is 0 Å². The molecule has 1 aliphatic heterocycles. The van der Waals surface area contributed by atoms with E-state index >= 15 is 0 Å². The first-order valence-corrected chi connectivity index (χ1v) is 10.0. The van der Waals surface area contributed by atoms with Crippen molar-refractivity contribution in [2.75, 3.05) is 18.5 Å². The molecule has 1 aliphatic rings. The van der Waals surface area contributed by atoms with Crippen LogP contribution in [0.2, 0.25) is 0 Å². The predicted octanol–water partition coefficient (Wildman–Crippen LogP) is 4.62. The summed E-state index contributed by atoms with van der Waals surface area (Å²) in [7, 11) is 0. The van der Waals surface area contributed by atoms with Crippen molar-refractivity contribution in [1.82, 2.24) is 0 Å². The second-order valence-corrected chi connectivity index (χ2v) is 7.83. The molecule has 5 nitrogen and oxygen atoms in total. The van der Waals surface area contributed by atoms with Gasteiger partial charge in [0.25, 0.3) is 5.91 Å². The van der Waals surface area contributed by atoms with E-state index in [1.54, 1.807) is 18.2 Å². The third-order valence-electron chi connectivity index (χ3n) is 4.19. The van der Waals surface area contributed by atoms with Gasteiger partial charge in [-0.2, -0.15) is 0 Å². The summed E-state index contributed by atoms with van der Waals surface area (Å²) in [6, 6.07) is 14.4. The first-order valence-electron chi connectivity index (χ1n) is 8.34. The molecule has 1 amide bonds. The largest absolute Gasteiger partial charge is 0.486 e. The SMILES string of the molecule is O=C(Nc1cc2c(cc1C(O)c1ccc(Br)cc1)OCCO2)c1cccs1. The van der Waals surface area contributed by atoms with Crippen LogP contribution in [0.5, 0.6) is 11.5 Å². The predicted molar refractivity (Wildman–Crippen MR) is 108 cm³/mol. The first-order chi connectivity index (χ1) is 13.1. The highest BCUT2D eigenvalue weighted by atomic mass is 79.9. The molecule has 7 heteroatoms. The summed E-state index contributed by atoms with van der Waals surface area (Å²) in [6.45, 7) is 0.891. The number of rotatable bonds is 4. The Hall–Kier alpha value is -2.35. The van der Waals surface area contributed by atoms with Crippen molar-refractivity contribution >= 4 is 38.9 Å². The van der Waals surface area contributed by atoms with Crippen LogP contribution in [0.1, 0.15) is 26.9 Å². The van der Waals surface area contributed by atoms with E-state index in [4.69, 9.17) is 9.47 Å². The summed E-state index contributed by atoms with van der Waals surface area (Å²) >= 11 is 4.75. The van der Waals surface area contributed by atoms with E-state index in [1.807, 2.05) is 35.7 Å². The molecule has 1 atom stereocenters. The van der Waals surface area contributed by atoms with Gasteiger partial charge in [0, 0.05) is 16.1 Å². The molecule has 138 valence electrons. The third-order valence-corrected chi connectivity index (χ3v) is 5.59. The molecule has 1 unspecified atom stereocenters. The number of ether oxygens (including phenoxy) is 2. The van der Waals surface area contributed by atoms with Gasteiger partial charge >= 0.3 is 0 Å². The fraction of sp³-hybridized carbons (Fsp3) is 0.150. The van der Waals surface area contributed by atoms with Crippen LogP contribution in [0.15, 0.2) is 58.4 Å². The molecule has 2 heterocycles. The van der Waals surface area contributed by atoms with Gasteiger partial charge in [-0.05, 0) is 35.2 Å². The molecule has 1 aromatic heterocycles. The molecule has 27 heavy (non-hydrogen) atoms. The molecule has 2 N–H and O–H groups in total. The van der Waals surface area contributed by atoms with E-state index in [0.717, 1.165) is 4.47 Å². The van der Waals surface area contributed by atoms with Crippen LogP contribution in [-0.2, 0) is 0 Å². The highest BCUT2D eigenvalue weighted by Crippen LogP contribution is 2.40. The Morgan fingerprint density at radius 1 is 1.11 bits per heavy atom. The van der Waals surface area contributed by atoms with Crippen molar-refractivity contribution in [1.29, 1.82) is 0 Å². The van der Waals surface area contributed by atoms with Gasteiger partial charge in [-0.15, -0.1) is 11.3 Å². The zero-order valence-electron chi connectivity index (χ0n) is 14.1. The molecule has 0 spiro atoms. The average molecular weight is 446 g/mol. The van der Waals surface area contributed by atoms with Crippen LogP contribution in [0.25, 0.3) is 0 Å². The highest BCUT2D eigenvalue weighted by molar-refractivity contribution is 9.10. The number of halogens is 1. The Balaban J connectivity index is 1.73. The number of thiophene rings is 1. The topological polar surface area (TPSA) is 67.8 Å². The van der Waals surface area contributed by atoms with E-state index in [9.17, 15) is 9.90 Å². The molecule has 3 aromatic rings. The molecule has 0 aliphatic carbocycles. The standard InChI is InChI=1S/C20H16BrNO4S/c21-13-5-3-12(4-6-13)19(23)14-10-16-17(26-8-7-25-16)11-15(14)22-20(24)18-2-1-9-27-18/h1-6,9-11,19,23H,7-8H2,(H,22,24). The van der Waals surface area contributed by atoms with Gasteiger partial charge in [0.2, 0.25) is 0 Å². The molecule has 0 saturated carbocycles. The van der Waals surface area contributed by atoms with Crippen LogP contribution in [0.4, 0.5) is 5.69 Å². The second kappa shape index (κ2) is 7.72. The van der Waals surface area contributed by atoms with E-state index in [1.165, 1.54) is 11.3 Å². The number of amides is 1. The minimum atomic E-state index is -0.924. The lowest BCUT2D eigenvalue weighted by Gasteiger charge is -2.23. The molecule has 0 radical (unpaired) electrons. The average Bonchev–Trinajstić information content (AvgIpc) is 3.22. The number of aliphatic hydroxyl groups excluding tert-OH is 1. The molecular weight excluding hydrogens is 430 g/mol. The number of benzene rings is 2. The van der Waals surface area contributed by atoms with E-state index in [2.05, 4.69) is 21.2 Å². The number of anilines is 1. The van der Waals surface area contributed by atoms with Crippen LogP contribution in [0, 0.1) is 0 Å². The van der Waals surface area contributed by atoms with Crippen molar-refractivity contribution in [3.8, 4) is 11.5 Å². The normalized spacial score (nSPS) is 13.9. The van der Waals surface area contributed by atoms with Crippen molar-refractivity contribution in [2.45, 2.75) is 6.10 Å². The maximum absolute atomic E-state index is 12.5. The minimum absolute atomic E-state index is 0.231. The molecular formula is C20H16BrNO4S. The lowest BCUT2D eigenvalue weighted by Crippen LogP contribution is -2.18. The maximum atomic E-state index is 12.5. The van der Waals surface area contributed by atoms with Gasteiger partial charge < -0.3 is 19.9 Å². The van der Waals surface area contributed by atoms with E-state index in [0.29, 0.717) is 46.4 Å². The van der Waals surface area contributed by atoms with Crippen molar-refractivity contribution < 1.29 is 19.4 Å².